The average Bonchev–Trinajstić information content (AvgIpc) is 3.22. The van der Waals surface area contributed by atoms with E-state index in [1.807, 2.05) is 18.2 Å². The highest BCUT2D eigenvalue weighted by molar-refractivity contribution is 6.49. The van der Waals surface area contributed by atoms with Crippen molar-refractivity contribution >= 4 is 11.4 Å². The lowest BCUT2D eigenvalue weighted by Crippen LogP contribution is -2.29. The fourth-order valence-electron chi connectivity index (χ4n) is 2.58. The number of ether oxygens (including phenoxy) is 1. The van der Waals surface area contributed by atoms with E-state index in [2.05, 4.69) is 15.5 Å². The standard InChI is InChI=1S/C19H18N4O4/c1-26-14-9-7-12(8-10-14)15-11-16(27-23-15)17(20)19(22-25)18(21-24)13-5-3-2-4-6-13/h2-11,17,24-25H,20H2,1H3/b21-18+,22-19+. The van der Waals surface area contributed by atoms with Gasteiger partial charge in [0, 0.05) is 17.2 Å². The van der Waals surface area contributed by atoms with Gasteiger partial charge in [0.1, 0.15) is 28.9 Å². The predicted octanol–water partition coefficient (Wildman–Crippen LogP) is 3.06. The third kappa shape index (κ3) is 3.80. The normalized spacial score (nSPS) is 13.4. The van der Waals surface area contributed by atoms with E-state index in [1.165, 1.54) is 0 Å². The van der Waals surface area contributed by atoms with Gasteiger partial charge >= 0.3 is 0 Å². The Labute approximate surface area is 155 Å². The average molecular weight is 366 g/mol. The summed E-state index contributed by atoms with van der Waals surface area (Å²) in [6, 6.07) is 16.7. The molecule has 1 atom stereocenters. The summed E-state index contributed by atoms with van der Waals surface area (Å²) in [6.07, 6.45) is 0. The third-order valence-corrected chi connectivity index (χ3v) is 4.01. The number of aromatic nitrogens is 1. The molecule has 0 aliphatic rings. The summed E-state index contributed by atoms with van der Waals surface area (Å²) in [5.41, 5.74) is 8.05. The van der Waals surface area contributed by atoms with Gasteiger partial charge in [0.05, 0.1) is 7.11 Å². The first-order valence-corrected chi connectivity index (χ1v) is 8.04. The maximum atomic E-state index is 9.44. The van der Waals surface area contributed by atoms with Crippen LogP contribution >= 0.6 is 0 Å². The van der Waals surface area contributed by atoms with Crippen molar-refractivity contribution in [3.63, 3.8) is 0 Å². The van der Waals surface area contributed by atoms with Crippen molar-refractivity contribution in [1.82, 2.24) is 5.16 Å². The number of rotatable bonds is 6. The largest absolute Gasteiger partial charge is 0.497 e. The molecule has 3 aromatic rings. The molecule has 0 radical (unpaired) electrons. The second-order valence-corrected chi connectivity index (χ2v) is 5.62. The number of methoxy groups -OCH3 is 1. The summed E-state index contributed by atoms with van der Waals surface area (Å²) in [4.78, 5) is 0. The molecule has 0 spiro atoms. The monoisotopic (exact) mass is 366 g/mol. The molecule has 2 aromatic carbocycles. The molecular formula is C19H18N4O4. The van der Waals surface area contributed by atoms with Gasteiger partial charge in [0.2, 0.25) is 0 Å². The predicted molar refractivity (Wildman–Crippen MR) is 99.4 cm³/mol. The van der Waals surface area contributed by atoms with Crippen molar-refractivity contribution in [2.24, 2.45) is 16.0 Å². The molecule has 0 fully saturated rings. The van der Waals surface area contributed by atoms with Crippen molar-refractivity contribution < 1.29 is 19.7 Å². The first kappa shape index (κ1) is 18.2. The number of benzene rings is 2. The van der Waals surface area contributed by atoms with Crippen LogP contribution in [-0.4, -0.2) is 34.1 Å². The molecule has 1 aromatic heterocycles. The van der Waals surface area contributed by atoms with Crippen molar-refractivity contribution in [3.05, 3.63) is 72.0 Å². The first-order chi connectivity index (χ1) is 13.2. The van der Waals surface area contributed by atoms with Gasteiger partial charge in [-0.05, 0) is 24.3 Å². The Kier molecular flexibility index (Phi) is 5.48. The molecule has 27 heavy (non-hydrogen) atoms. The minimum absolute atomic E-state index is 0.0352. The number of oxime groups is 2. The summed E-state index contributed by atoms with van der Waals surface area (Å²) in [6.45, 7) is 0. The van der Waals surface area contributed by atoms with Gasteiger partial charge in [-0.25, -0.2) is 0 Å². The number of hydrogen-bond acceptors (Lipinski definition) is 8. The highest BCUT2D eigenvalue weighted by Gasteiger charge is 2.26. The van der Waals surface area contributed by atoms with Crippen LogP contribution in [0.2, 0.25) is 0 Å². The molecule has 8 heteroatoms. The zero-order chi connectivity index (χ0) is 19.2. The van der Waals surface area contributed by atoms with Crippen LogP contribution in [0.3, 0.4) is 0 Å². The highest BCUT2D eigenvalue weighted by Crippen LogP contribution is 2.25. The quantitative estimate of drug-likeness (QED) is 0.350. The number of nitrogens with zero attached hydrogens (tertiary/aromatic N) is 3. The summed E-state index contributed by atoms with van der Waals surface area (Å²) in [5, 5.41) is 29.3. The van der Waals surface area contributed by atoms with Crippen LogP contribution in [0.25, 0.3) is 11.3 Å². The second kappa shape index (κ2) is 8.15. The van der Waals surface area contributed by atoms with Gasteiger partial charge in [-0.2, -0.15) is 0 Å². The third-order valence-electron chi connectivity index (χ3n) is 4.01. The maximum absolute atomic E-state index is 9.44. The van der Waals surface area contributed by atoms with Gasteiger partial charge in [-0.3, -0.25) is 0 Å². The second-order valence-electron chi connectivity index (χ2n) is 5.62. The van der Waals surface area contributed by atoms with Crippen LogP contribution in [0.1, 0.15) is 17.4 Å². The van der Waals surface area contributed by atoms with Gasteiger partial charge in [0.25, 0.3) is 0 Å². The Balaban J connectivity index is 1.88. The first-order valence-electron chi connectivity index (χ1n) is 8.04. The molecular weight excluding hydrogens is 348 g/mol. The molecule has 1 unspecified atom stereocenters. The molecule has 0 saturated heterocycles. The summed E-state index contributed by atoms with van der Waals surface area (Å²) < 4.78 is 10.4. The fraction of sp³-hybridized carbons (Fsp3) is 0.105. The molecule has 0 aliphatic carbocycles. The smallest absolute Gasteiger partial charge is 0.160 e. The Bertz CT molecular complexity index is 949. The van der Waals surface area contributed by atoms with Gasteiger partial charge in [0.15, 0.2) is 5.76 Å². The number of hydrogen-bond donors (Lipinski definition) is 3. The highest BCUT2D eigenvalue weighted by atomic mass is 16.5. The molecule has 138 valence electrons. The molecule has 1 heterocycles. The Morgan fingerprint density at radius 2 is 1.78 bits per heavy atom. The summed E-state index contributed by atoms with van der Waals surface area (Å²) in [5.74, 6) is 0.978. The Hall–Kier alpha value is -3.65. The number of nitrogens with two attached hydrogens (primary N) is 1. The minimum atomic E-state index is -0.986. The van der Waals surface area contributed by atoms with Crippen molar-refractivity contribution in [1.29, 1.82) is 0 Å². The van der Waals surface area contributed by atoms with E-state index in [4.69, 9.17) is 15.0 Å². The maximum Gasteiger partial charge on any atom is 0.160 e. The minimum Gasteiger partial charge on any atom is -0.497 e. The van der Waals surface area contributed by atoms with E-state index in [0.717, 1.165) is 11.3 Å². The zero-order valence-corrected chi connectivity index (χ0v) is 14.5. The van der Waals surface area contributed by atoms with Crippen LogP contribution in [0.15, 0.2) is 75.5 Å². The van der Waals surface area contributed by atoms with Crippen LogP contribution in [0.5, 0.6) is 5.75 Å². The molecule has 8 nitrogen and oxygen atoms in total. The van der Waals surface area contributed by atoms with E-state index >= 15 is 0 Å². The van der Waals surface area contributed by atoms with E-state index < -0.39 is 6.04 Å². The molecule has 4 N–H and O–H groups in total. The lowest BCUT2D eigenvalue weighted by atomic mass is 9.99. The topological polar surface area (TPSA) is 126 Å². The van der Waals surface area contributed by atoms with Crippen LogP contribution in [0.4, 0.5) is 0 Å². The van der Waals surface area contributed by atoms with Crippen LogP contribution in [0, 0.1) is 0 Å². The molecule has 0 saturated carbocycles. The van der Waals surface area contributed by atoms with Crippen molar-refractivity contribution in [2.75, 3.05) is 7.11 Å². The van der Waals surface area contributed by atoms with E-state index in [9.17, 15) is 10.4 Å². The Morgan fingerprint density at radius 1 is 1.07 bits per heavy atom. The Morgan fingerprint density at radius 3 is 2.37 bits per heavy atom. The van der Waals surface area contributed by atoms with E-state index in [-0.39, 0.29) is 17.2 Å². The lowest BCUT2D eigenvalue weighted by Gasteiger charge is -2.11. The molecule has 0 bridgehead atoms. The summed E-state index contributed by atoms with van der Waals surface area (Å²) >= 11 is 0. The van der Waals surface area contributed by atoms with E-state index in [0.29, 0.717) is 11.3 Å². The van der Waals surface area contributed by atoms with E-state index in [1.54, 1.807) is 49.6 Å². The van der Waals surface area contributed by atoms with Crippen LogP contribution in [-0.2, 0) is 0 Å². The molecule has 3 rings (SSSR count). The van der Waals surface area contributed by atoms with Gasteiger partial charge < -0.3 is 25.4 Å². The van der Waals surface area contributed by atoms with Crippen molar-refractivity contribution in [3.8, 4) is 17.0 Å². The van der Waals surface area contributed by atoms with Crippen LogP contribution < -0.4 is 10.5 Å². The van der Waals surface area contributed by atoms with Gasteiger partial charge in [-0.1, -0.05) is 45.8 Å². The zero-order valence-electron chi connectivity index (χ0n) is 14.5. The summed E-state index contributed by atoms with van der Waals surface area (Å²) in [7, 11) is 1.59. The van der Waals surface area contributed by atoms with Gasteiger partial charge in [-0.15, -0.1) is 0 Å². The SMILES string of the molecule is COc1ccc(-c2cc(C(N)C(=N\O)/C(=N/O)c3ccccc3)on2)cc1. The van der Waals surface area contributed by atoms with Crippen molar-refractivity contribution in [2.45, 2.75) is 6.04 Å². The molecule has 0 amide bonds. The lowest BCUT2D eigenvalue weighted by molar-refractivity contribution is 0.310. The fourth-order valence-corrected chi connectivity index (χ4v) is 2.58. The molecule has 0 aliphatic heterocycles.